The maximum Gasteiger partial charge on any atom is 0.229 e. The van der Waals surface area contributed by atoms with E-state index in [2.05, 4.69) is 48.4 Å². The van der Waals surface area contributed by atoms with Gasteiger partial charge in [0.15, 0.2) is 11.6 Å². The molecule has 0 aliphatic carbocycles. The summed E-state index contributed by atoms with van der Waals surface area (Å²) >= 11 is 6.45. The van der Waals surface area contributed by atoms with Crippen LogP contribution in [0.4, 0.5) is 28.8 Å². The average molecular weight is 584 g/mol. The third kappa shape index (κ3) is 6.55. The van der Waals surface area contributed by atoms with Crippen LogP contribution < -0.4 is 25.6 Å². The molecule has 2 aromatic carbocycles. The third-order valence-electron chi connectivity index (χ3n) is 7.79. The van der Waals surface area contributed by atoms with Crippen LogP contribution in [0.1, 0.15) is 12.8 Å². The lowest BCUT2D eigenvalue weighted by Gasteiger charge is -2.42. The topological polar surface area (TPSA) is 85.9 Å². The molecule has 2 aliphatic rings. The van der Waals surface area contributed by atoms with Crippen LogP contribution in [-0.4, -0.2) is 92.6 Å². The van der Waals surface area contributed by atoms with Crippen molar-refractivity contribution in [3.05, 3.63) is 53.7 Å². The first kappa shape index (κ1) is 28.7. The van der Waals surface area contributed by atoms with Crippen LogP contribution in [0.2, 0.25) is 5.02 Å². The van der Waals surface area contributed by atoms with Crippen LogP contribution in [0.5, 0.6) is 5.75 Å². The molecule has 3 heterocycles. The van der Waals surface area contributed by atoms with Gasteiger partial charge in [-0.15, -0.1) is 0 Å². The number of benzene rings is 2. The molecule has 0 bridgehead atoms. The van der Waals surface area contributed by atoms with Crippen molar-refractivity contribution in [2.45, 2.75) is 18.9 Å². The van der Waals surface area contributed by atoms with Crippen molar-refractivity contribution in [1.29, 1.82) is 0 Å². The van der Waals surface area contributed by atoms with Gasteiger partial charge in [0.25, 0.3) is 0 Å². The maximum absolute atomic E-state index is 12.8. The van der Waals surface area contributed by atoms with Crippen LogP contribution in [0.3, 0.4) is 0 Å². The molecule has 9 nitrogen and oxygen atoms in total. The maximum atomic E-state index is 12.8. The Morgan fingerprint density at radius 1 is 0.950 bits per heavy atom. The van der Waals surface area contributed by atoms with E-state index in [0.717, 1.165) is 74.5 Å². The van der Waals surface area contributed by atoms with Gasteiger partial charge in [0.05, 0.1) is 30.4 Å². The highest BCUT2D eigenvalue weighted by Gasteiger charge is 2.28. The summed E-state index contributed by atoms with van der Waals surface area (Å²) in [6.45, 7) is 10.1. The molecule has 0 saturated carbocycles. The monoisotopic (exact) mass is 583 g/mol. The standard InChI is InChI=1S/C29H39ClN7O2P/c1-35-16-18-36(19-17-35)21-12-14-37(15-13-21)25-10-7-9-24(27(25)39-2)33-29-31-20-22(30)28(34-29)32-23-8-5-6-11-26(23)40(3,4)38/h5-11,20-21H,12-19H2,1-4H3,(H2,31,32,33,34). The smallest absolute Gasteiger partial charge is 0.229 e. The number of hydrogen-bond acceptors (Lipinski definition) is 9. The first-order valence-corrected chi connectivity index (χ1v) is 16.8. The van der Waals surface area contributed by atoms with E-state index in [4.69, 9.17) is 16.3 Å². The van der Waals surface area contributed by atoms with Gasteiger partial charge in [-0.2, -0.15) is 4.98 Å². The van der Waals surface area contributed by atoms with E-state index >= 15 is 0 Å². The number of aromatic nitrogens is 2. The lowest BCUT2D eigenvalue weighted by molar-refractivity contribution is 0.0981. The normalized spacial score (nSPS) is 17.6. The van der Waals surface area contributed by atoms with Crippen molar-refractivity contribution < 1.29 is 9.30 Å². The fourth-order valence-corrected chi connectivity index (χ4v) is 6.85. The van der Waals surface area contributed by atoms with E-state index in [0.29, 0.717) is 28.5 Å². The number of nitrogens with zero attached hydrogens (tertiary/aromatic N) is 5. The highest BCUT2D eigenvalue weighted by Crippen LogP contribution is 2.40. The fraction of sp³-hybridized carbons (Fsp3) is 0.448. The number of para-hydroxylation sites is 2. The molecule has 0 spiro atoms. The highest BCUT2D eigenvalue weighted by atomic mass is 35.5. The zero-order valence-electron chi connectivity index (χ0n) is 23.7. The number of piperidine rings is 1. The first-order chi connectivity index (χ1) is 19.2. The molecule has 2 aliphatic heterocycles. The SMILES string of the molecule is COc1c(Nc2ncc(Cl)c(Nc3ccccc3P(C)(C)=O)n2)cccc1N1CCC(N2CCN(C)CC2)CC1. The summed E-state index contributed by atoms with van der Waals surface area (Å²) in [5.41, 5.74) is 2.55. The Balaban J connectivity index is 1.32. The number of methoxy groups -OCH3 is 1. The Kier molecular flexibility index (Phi) is 8.86. The van der Waals surface area contributed by atoms with Gasteiger partial charge in [-0.05, 0) is 57.5 Å². The summed E-state index contributed by atoms with van der Waals surface area (Å²) in [6, 6.07) is 14.2. The molecule has 2 fully saturated rings. The molecule has 11 heteroatoms. The fourth-order valence-electron chi connectivity index (χ4n) is 5.56. The molecular weight excluding hydrogens is 545 g/mol. The second kappa shape index (κ2) is 12.4. The number of likely N-dealkylation sites (N-methyl/N-ethyl adjacent to an activating group) is 1. The van der Waals surface area contributed by atoms with Gasteiger partial charge in [0.2, 0.25) is 5.95 Å². The second-order valence-electron chi connectivity index (χ2n) is 10.9. The largest absolute Gasteiger partial charge is 0.492 e. The van der Waals surface area contributed by atoms with Crippen LogP contribution in [0.25, 0.3) is 0 Å². The Labute approximate surface area is 242 Å². The molecule has 0 atom stereocenters. The van der Waals surface area contributed by atoms with Gasteiger partial charge in [-0.1, -0.05) is 29.8 Å². The number of halogens is 1. The third-order valence-corrected chi connectivity index (χ3v) is 9.61. The summed E-state index contributed by atoms with van der Waals surface area (Å²) in [5, 5.41) is 7.69. The number of ether oxygens (including phenoxy) is 1. The van der Waals surface area contributed by atoms with E-state index in [-0.39, 0.29) is 0 Å². The van der Waals surface area contributed by atoms with E-state index in [1.54, 1.807) is 26.6 Å². The van der Waals surface area contributed by atoms with Gasteiger partial charge in [0.1, 0.15) is 12.2 Å². The lowest BCUT2D eigenvalue weighted by Crippen LogP contribution is -2.52. The molecule has 1 aromatic heterocycles. The molecule has 2 saturated heterocycles. The summed E-state index contributed by atoms with van der Waals surface area (Å²) < 4.78 is 18.7. The lowest BCUT2D eigenvalue weighted by atomic mass is 10.0. The molecule has 2 N–H and O–H groups in total. The summed E-state index contributed by atoms with van der Waals surface area (Å²) in [6.07, 6.45) is 3.84. The minimum absolute atomic E-state index is 0.367. The molecule has 214 valence electrons. The Hall–Kier alpha value is -2.84. The quantitative estimate of drug-likeness (QED) is 0.352. The second-order valence-corrected chi connectivity index (χ2v) is 14.5. The Morgan fingerprint density at radius 2 is 1.65 bits per heavy atom. The van der Waals surface area contributed by atoms with Crippen molar-refractivity contribution in [3.8, 4) is 5.75 Å². The highest BCUT2D eigenvalue weighted by molar-refractivity contribution is 7.70. The zero-order chi connectivity index (χ0) is 28.3. The Bertz CT molecular complexity index is 1370. The van der Waals surface area contributed by atoms with Gasteiger partial charge >= 0.3 is 0 Å². The number of rotatable bonds is 8. The van der Waals surface area contributed by atoms with Crippen LogP contribution >= 0.6 is 18.7 Å². The van der Waals surface area contributed by atoms with Crippen LogP contribution in [0.15, 0.2) is 48.7 Å². The van der Waals surface area contributed by atoms with Gasteiger partial charge in [-0.3, -0.25) is 4.90 Å². The minimum Gasteiger partial charge on any atom is -0.492 e. The summed E-state index contributed by atoms with van der Waals surface area (Å²) in [5.74, 6) is 1.57. The number of nitrogens with one attached hydrogen (secondary N) is 2. The summed E-state index contributed by atoms with van der Waals surface area (Å²) in [7, 11) is 1.39. The molecule has 0 radical (unpaired) electrons. The van der Waals surface area contributed by atoms with Crippen molar-refractivity contribution in [2.24, 2.45) is 0 Å². The van der Waals surface area contributed by atoms with E-state index < -0.39 is 7.14 Å². The number of hydrogen-bond donors (Lipinski definition) is 2. The summed E-state index contributed by atoms with van der Waals surface area (Å²) in [4.78, 5) is 16.5. The van der Waals surface area contributed by atoms with Crippen LogP contribution in [0, 0.1) is 0 Å². The average Bonchev–Trinajstić information content (AvgIpc) is 2.95. The van der Waals surface area contributed by atoms with Crippen molar-refractivity contribution >= 4 is 52.9 Å². The predicted molar refractivity (Wildman–Crippen MR) is 166 cm³/mol. The van der Waals surface area contributed by atoms with Crippen molar-refractivity contribution in [2.75, 3.05) is 82.3 Å². The minimum atomic E-state index is -2.51. The number of piperazine rings is 1. The molecular formula is C29H39ClN7O2P. The van der Waals surface area contributed by atoms with E-state index in [9.17, 15) is 4.57 Å². The molecule has 5 rings (SSSR count). The van der Waals surface area contributed by atoms with E-state index in [1.807, 2.05) is 36.4 Å². The molecule has 0 unspecified atom stereocenters. The number of anilines is 5. The van der Waals surface area contributed by atoms with Gasteiger partial charge in [0, 0.05) is 50.6 Å². The first-order valence-electron chi connectivity index (χ1n) is 13.8. The predicted octanol–water partition coefficient (Wildman–Crippen LogP) is 5.09. The van der Waals surface area contributed by atoms with E-state index in [1.165, 1.54) is 0 Å². The molecule has 3 aromatic rings. The van der Waals surface area contributed by atoms with Gasteiger partial charge < -0.3 is 29.7 Å². The molecule has 40 heavy (non-hydrogen) atoms. The Morgan fingerprint density at radius 3 is 2.35 bits per heavy atom. The zero-order valence-corrected chi connectivity index (χ0v) is 25.4. The van der Waals surface area contributed by atoms with Gasteiger partial charge in [-0.25, -0.2) is 4.98 Å². The van der Waals surface area contributed by atoms with Crippen LogP contribution in [-0.2, 0) is 4.57 Å². The van der Waals surface area contributed by atoms with Crippen molar-refractivity contribution in [1.82, 2.24) is 19.8 Å². The molecule has 0 amide bonds. The van der Waals surface area contributed by atoms with Crippen molar-refractivity contribution in [3.63, 3.8) is 0 Å².